The van der Waals surface area contributed by atoms with E-state index in [0.29, 0.717) is 0 Å². The number of thiazole rings is 1. The summed E-state index contributed by atoms with van der Waals surface area (Å²) in [5.74, 6) is 0.827. The van der Waals surface area contributed by atoms with Crippen molar-refractivity contribution in [1.82, 2.24) is 4.98 Å². The van der Waals surface area contributed by atoms with Gasteiger partial charge in [-0.2, -0.15) is 0 Å². The molecule has 0 saturated carbocycles. The van der Waals surface area contributed by atoms with Gasteiger partial charge in [0.2, 0.25) is 0 Å². The summed E-state index contributed by atoms with van der Waals surface area (Å²) in [5, 5.41) is 0. The van der Waals surface area contributed by atoms with Gasteiger partial charge in [-0.1, -0.05) is 31.9 Å². The van der Waals surface area contributed by atoms with Gasteiger partial charge >= 0.3 is 0 Å². The Kier molecular flexibility index (Phi) is 9.15. The molecule has 2 aromatic rings. The van der Waals surface area contributed by atoms with Gasteiger partial charge in [-0.05, 0) is 18.6 Å². The molecule has 2 rings (SSSR count). The lowest BCUT2D eigenvalue weighted by atomic mass is 10.3. The normalized spacial score (nSPS) is 9.12. The summed E-state index contributed by atoms with van der Waals surface area (Å²) in [4.78, 5) is 4.14. The van der Waals surface area contributed by atoms with Gasteiger partial charge in [0.25, 0.3) is 0 Å². The molecule has 0 bridgehead atoms. The Balaban J connectivity index is 0.000000289. The van der Waals surface area contributed by atoms with E-state index in [4.69, 9.17) is 11.6 Å². The van der Waals surface area contributed by atoms with E-state index in [1.165, 1.54) is 24.0 Å². The second-order valence-electron chi connectivity index (χ2n) is 3.22. The quantitative estimate of drug-likeness (QED) is 0.568. The Morgan fingerprint density at radius 3 is 2.56 bits per heavy atom. The average molecular weight is 262 g/mol. The second-order valence-corrected chi connectivity index (χ2v) is 4.48. The van der Waals surface area contributed by atoms with Crippen LogP contribution in [0.2, 0.25) is 0 Å². The first-order valence-electron chi connectivity index (χ1n) is 5.22. The Morgan fingerprint density at radius 2 is 2.00 bits per heavy atom. The molecule has 1 aromatic heterocycles. The molecule has 0 aliphatic carbocycles. The molecule has 0 N–H and O–H groups in total. The highest BCUT2D eigenvalue weighted by molar-refractivity contribution is 7.16. The van der Waals surface area contributed by atoms with Crippen LogP contribution in [0, 0.1) is 0 Å². The molecule has 1 nitrogen and oxygen atoms in total. The Morgan fingerprint density at radius 1 is 1.25 bits per heavy atom. The molecule has 0 atom stereocenters. The van der Waals surface area contributed by atoms with Gasteiger partial charge < -0.3 is 0 Å². The van der Waals surface area contributed by atoms with Gasteiger partial charge in [-0.25, -0.2) is 4.98 Å². The summed E-state index contributed by atoms with van der Waals surface area (Å²) in [7, 11) is 0. The molecule has 90 valence electrons. The summed E-state index contributed by atoms with van der Waals surface area (Å²) in [6.45, 7) is 2.17. The molecule has 0 amide bonds. The van der Waals surface area contributed by atoms with Crippen molar-refractivity contribution >= 4 is 33.2 Å². The maximum absolute atomic E-state index is 5.38. The predicted molar refractivity (Wildman–Crippen MR) is 72.4 cm³/mol. The van der Waals surface area contributed by atoms with Crippen molar-refractivity contribution in [2.75, 3.05) is 5.88 Å². The molecule has 16 heavy (non-hydrogen) atoms. The number of hydrogen-bond donors (Lipinski definition) is 0. The number of para-hydroxylation sites is 1. The summed E-state index contributed by atoms with van der Waals surface area (Å²) in [6.07, 6.45) is 3.73. The Bertz CT molecular complexity index is 344. The monoisotopic (exact) mass is 261 g/mol. The number of unbranched alkanes of at least 4 members (excludes halogenated alkanes) is 2. The van der Waals surface area contributed by atoms with E-state index in [0.717, 1.165) is 11.4 Å². The fourth-order valence-corrected chi connectivity index (χ4v) is 2.02. The number of alkyl halides is 1. The molecule has 0 spiro atoms. The number of nitrogens with zero attached hydrogens (tertiary/aromatic N) is 1. The van der Waals surface area contributed by atoms with Gasteiger partial charge in [-0.3, -0.25) is 4.70 Å². The molecule has 1 heterocycles. The molecule has 0 aliphatic heterocycles. The SMILES string of the molecule is CCCCCCl.F.c1ccc2scnc2c1. The van der Waals surface area contributed by atoms with Crippen LogP contribution in [-0.2, 0) is 0 Å². The van der Waals surface area contributed by atoms with E-state index < -0.39 is 0 Å². The molecule has 0 fully saturated rings. The number of aromatic nitrogens is 1. The molecule has 0 radical (unpaired) electrons. The van der Waals surface area contributed by atoms with Crippen LogP contribution in [0.1, 0.15) is 26.2 Å². The zero-order valence-corrected chi connectivity index (χ0v) is 10.9. The third kappa shape index (κ3) is 5.42. The van der Waals surface area contributed by atoms with E-state index in [9.17, 15) is 0 Å². The standard InChI is InChI=1S/C7H5NS.C5H11Cl.FH/c1-2-4-7-6(3-1)8-5-9-7;1-2-3-4-5-6;/h1-5H;2-5H2,1H3;1H. The third-order valence-electron chi connectivity index (χ3n) is 1.97. The first kappa shape index (κ1) is 15.3. The molecule has 1 aromatic carbocycles. The Labute approximate surface area is 105 Å². The van der Waals surface area contributed by atoms with Crippen molar-refractivity contribution < 1.29 is 4.70 Å². The minimum absolute atomic E-state index is 0. The number of rotatable bonds is 3. The molecule has 0 saturated heterocycles. The van der Waals surface area contributed by atoms with Crippen LogP contribution < -0.4 is 0 Å². The average Bonchev–Trinajstić information content (AvgIpc) is 2.75. The zero-order chi connectivity index (χ0) is 10.9. The first-order valence-corrected chi connectivity index (χ1v) is 6.64. The van der Waals surface area contributed by atoms with E-state index in [-0.39, 0.29) is 4.70 Å². The summed E-state index contributed by atoms with van der Waals surface area (Å²) in [5.41, 5.74) is 2.97. The lowest BCUT2D eigenvalue weighted by molar-refractivity contribution is 0.776. The highest BCUT2D eigenvalue weighted by Crippen LogP contribution is 2.15. The zero-order valence-electron chi connectivity index (χ0n) is 9.36. The maximum Gasteiger partial charge on any atom is 0.0812 e. The summed E-state index contributed by atoms with van der Waals surface area (Å²) < 4.78 is 1.26. The van der Waals surface area contributed by atoms with Crippen molar-refractivity contribution in [2.45, 2.75) is 26.2 Å². The van der Waals surface area contributed by atoms with E-state index >= 15 is 0 Å². The van der Waals surface area contributed by atoms with Crippen LogP contribution in [0.25, 0.3) is 10.2 Å². The number of hydrogen-bond acceptors (Lipinski definition) is 2. The van der Waals surface area contributed by atoms with E-state index in [1.807, 2.05) is 23.7 Å². The van der Waals surface area contributed by atoms with Crippen molar-refractivity contribution in [3.8, 4) is 0 Å². The van der Waals surface area contributed by atoms with Crippen LogP contribution in [0.3, 0.4) is 0 Å². The summed E-state index contributed by atoms with van der Waals surface area (Å²) in [6, 6.07) is 8.13. The van der Waals surface area contributed by atoms with Gasteiger partial charge in [0.05, 0.1) is 15.7 Å². The molecular formula is C12H17ClFNS. The van der Waals surface area contributed by atoms with Crippen LogP contribution in [0.15, 0.2) is 29.8 Å². The fraction of sp³-hybridized carbons (Fsp3) is 0.417. The van der Waals surface area contributed by atoms with E-state index in [2.05, 4.69) is 18.0 Å². The van der Waals surface area contributed by atoms with Gasteiger partial charge in [0.15, 0.2) is 0 Å². The lowest BCUT2D eigenvalue weighted by Crippen LogP contribution is -1.70. The van der Waals surface area contributed by atoms with Gasteiger partial charge in [0, 0.05) is 5.88 Å². The van der Waals surface area contributed by atoms with Crippen molar-refractivity contribution in [2.24, 2.45) is 0 Å². The first-order chi connectivity index (χ1) is 7.38. The molecule has 0 unspecified atom stereocenters. The van der Waals surface area contributed by atoms with Gasteiger partial charge in [-0.15, -0.1) is 22.9 Å². The largest absolute Gasteiger partial charge is 0.269 e. The molecule has 4 heteroatoms. The minimum Gasteiger partial charge on any atom is -0.269 e. The fourth-order valence-electron chi connectivity index (χ4n) is 1.15. The highest BCUT2D eigenvalue weighted by atomic mass is 35.5. The van der Waals surface area contributed by atoms with Crippen LogP contribution in [0.5, 0.6) is 0 Å². The molecule has 0 aliphatic rings. The number of benzene rings is 1. The van der Waals surface area contributed by atoms with Crippen LogP contribution in [0.4, 0.5) is 4.70 Å². The van der Waals surface area contributed by atoms with Gasteiger partial charge in [0.1, 0.15) is 0 Å². The van der Waals surface area contributed by atoms with Crippen molar-refractivity contribution in [3.05, 3.63) is 29.8 Å². The predicted octanol–water partition coefficient (Wildman–Crippen LogP) is 4.86. The minimum atomic E-state index is 0. The topological polar surface area (TPSA) is 12.9 Å². The summed E-state index contributed by atoms with van der Waals surface area (Å²) >= 11 is 7.06. The third-order valence-corrected chi connectivity index (χ3v) is 3.05. The smallest absolute Gasteiger partial charge is 0.0812 e. The number of halogens is 2. The van der Waals surface area contributed by atoms with Crippen LogP contribution >= 0.6 is 22.9 Å². The van der Waals surface area contributed by atoms with Crippen LogP contribution in [-0.4, -0.2) is 10.9 Å². The maximum atomic E-state index is 5.38. The Hall–Kier alpha value is -0.670. The lowest BCUT2D eigenvalue weighted by Gasteiger charge is -1.84. The van der Waals surface area contributed by atoms with Crippen molar-refractivity contribution in [1.29, 1.82) is 0 Å². The highest BCUT2D eigenvalue weighted by Gasteiger charge is 1.89. The molecular weight excluding hydrogens is 245 g/mol. The van der Waals surface area contributed by atoms with Crippen molar-refractivity contribution in [3.63, 3.8) is 0 Å². The number of fused-ring (bicyclic) bond motifs is 1. The van der Waals surface area contributed by atoms with E-state index in [1.54, 1.807) is 11.3 Å². The second kappa shape index (κ2) is 9.55.